The number of benzene rings is 1. The number of nitrogens with one attached hydrogen (secondary N) is 1. The second kappa shape index (κ2) is 7.06. The van der Waals surface area contributed by atoms with Crippen molar-refractivity contribution in [1.29, 1.82) is 0 Å². The molecule has 0 saturated carbocycles. The number of hydrogen-bond acceptors (Lipinski definition) is 3. The van der Waals surface area contributed by atoms with E-state index in [0.717, 1.165) is 67.4 Å². The molecule has 26 heavy (non-hydrogen) atoms. The number of piperidine rings is 1. The molecule has 1 atom stereocenters. The highest BCUT2D eigenvalue weighted by molar-refractivity contribution is 6.09. The van der Waals surface area contributed by atoms with Crippen molar-refractivity contribution < 1.29 is 9.59 Å². The van der Waals surface area contributed by atoms with Crippen LogP contribution in [0.5, 0.6) is 0 Å². The van der Waals surface area contributed by atoms with Crippen LogP contribution in [0, 0.1) is 0 Å². The zero-order chi connectivity index (χ0) is 18.1. The Morgan fingerprint density at radius 1 is 1.08 bits per heavy atom. The maximum Gasteiger partial charge on any atom is 0.252 e. The number of likely N-dealkylation sites (tertiary alicyclic amines) is 1. The molecule has 2 amide bonds. The van der Waals surface area contributed by atoms with Crippen LogP contribution in [-0.2, 0) is 17.6 Å². The Bertz CT molecular complexity index is 856. The van der Waals surface area contributed by atoms with Crippen LogP contribution in [0.4, 0.5) is 0 Å². The van der Waals surface area contributed by atoms with E-state index in [-0.39, 0.29) is 11.8 Å². The molecule has 0 spiro atoms. The standard InChI is InChI=1S/C21H25N3O2/c1-14(21(26)24-12-5-2-6-13-24)22-20(25)19-15-8-3-4-10-17(15)23-18-11-7-9-16(18)19/h3-4,8,10,14H,2,5-7,9,11-13H2,1H3,(H,22,25)/t14-/m0/s1. The number of carbonyl (C=O) groups excluding carboxylic acids is 2. The minimum absolute atomic E-state index is 0.0213. The molecule has 5 nitrogen and oxygen atoms in total. The lowest BCUT2D eigenvalue weighted by atomic mass is 10.00. The summed E-state index contributed by atoms with van der Waals surface area (Å²) in [6.07, 6.45) is 6.11. The van der Waals surface area contributed by atoms with Crippen molar-refractivity contribution in [2.75, 3.05) is 13.1 Å². The highest BCUT2D eigenvalue weighted by atomic mass is 16.2. The largest absolute Gasteiger partial charge is 0.341 e. The fraction of sp³-hybridized carbons (Fsp3) is 0.476. The van der Waals surface area contributed by atoms with Crippen LogP contribution in [0.25, 0.3) is 10.9 Å². The molecule has 0 bridgehead atoms. The van der Waals surface area contributed by atoms with Gasteiger partial charge in [0.1, 0.15) is 6.04 Å². The molecule has 1 fully saturated rings. The normalized spacial score (nSPS) is 17.8. The minimum atomic E-state index is -0.510. The Kier molecular flexibility index (Phi) is 4.62. The van der Waals surface area contributed by atoms with E-state index >= 15 is 0 Å². The summed E-state index contributed by atoms with van der Waals surface area (Å²) in [7, 11) is 0. The average molecular weight is 351 g/mol. The average Bonchev–Trinajstić information content (AvgIpc) is 3.13. The zero-order valence-corrected chi connectivity index (χ0v) is 15.3. The maximum absolute atomic E-state index is 13.1. The van der Waals surface area contributed by atoms with Crippen LogP contribution in [-0.4, -0.2) is 40.8 Å². The Morgan fingerprint density at radius 2 is 1.85 bits per heavy atom. The predicted molar refractivity (Wildman–Crippen MR) is 101 cm³/mol. The third-order valence-corrected chi connectivity index (χ3v) is 5.53. The molecule has 1 saturated heterocycles. The topological polar surface area (TPSA) is 62.3 Å². The van der Waals surface area contributed by atoms with Gasteiger partial charge < -0.3 is 10.2 Å². The number of nitrogens with zero attached hydrogens (tertiary/aromatic N) is 2. The summed E-state index contributed by atoms with van der Waals surface area (Å²) >= 11 is 0. The number of hydrogen-bond donors (Lipinski definition) is 1. The molecule has 0 unspecified atom stereocenters. The van der Waals surface area contributed by atoms with Crippen molar-refractivity contribution in [2.45, 2.75) is 51.5 Å². The molecule has 136 valence electrons. The van der Waals surface area contributed by atoms with Crippen molar-refractivity contribution in [3.63, 3.8) is 0 Å². The van der Waals surface area contributed by atoms with Gasteiger partial charge in [-0.15, -0.1) is 0 Å². The Labute approximate surface area is 153 Å². The Morgan fingerprint density at radius 3 is 2.65 bits per heavy atom. The molecule has 1 aromatic carbocycles. The van der Waals surface area contributed by atoms with Gasteiger partial charge in [0, 0.05) is 24.2 Å². The monoisotopic (exact) mass is 351 g/mol. The number of para-hydroxylation sites is 1. The fourth-order valence-corrected chi connectivity index (χ4v) is 4.19. The van der Waals surface area contributed by atoms with E-state index in [1.807, 2.05) is 29.2 Å². The first-order valence-electron chi connectivity index (χ1n) is 9.65. The van der Waals surface area contributed by atoms with Gasteiger partial charge in [-0.25, -0.2) is 0 Å². The van der Waals surface area contributed by atoms with E-state index in [0.29, 0.717) is 5.56 Å². The summed E-state index contributed by atoms with van der Waals surface area (Å²) in [5, 5.41) is 3.84. The summed E-state index contributed by atoms with van der Waals surface area (Å²) in [6.45, 7) is 3.39. The van der Waals surface area contributed by atoms with Crippen LogP contribution in [0.3, 0.4) is 0 Å². The van der Waals surface area contributed by atoms with Gasteiger partial charge in [-0.05, 0) is 57.1 Å². The van der Waals surface area contributed by atoms with Gasteiger partial charge in [0.05, 0.1) is 11.1 Å². The molecule has 2 heterocycles. The smallest absolute Gasteiger partial charge is 0.252 e. The third kappa shape index (κ3) is 3.06. The molecular weight excluding hydrogens is 326 g/mol. The third-order valence-electron chi connectivity index (χ3n) is 5.53. The summed E-state index contributed by atoms with van der Waals surface area (Å²) < 4.78 is 0. The number of rotatable bonds is 3. The molecule has 5 heteroatoms. The van der Waals surface area contributed by atoms with Crippen molar-refractivity contribution in [2.24, 2.45) is 0 Å². The number of aromatic nitrogens is 1. The van der Waals surface area contributed by atoms with E-state index in [1.165, 1.54) is 6.42 Å². The molecule has 2 aliphatic rings. The van der Waals surface area contributed by atoms with Crippen LogP contribution >= 0.6 is 0 Å². The predicted octanol–water partition coefficient (Wildman–Crippen LogP) is 2.85. The maximum atomic E-state index is 13.1. The Balaban J connectivity index is 1.61. The summed E-state index contributed by atoms with van der Waals surface area (Å²) in [4.78, 5) is 32.4. The van der Waals surface area contributed by atoms with E-state index in [2.05, 4.69) is 5.32 Å². The summed E-state index contributed by atoms with van der Waals surface area (Å²) in [5.74, 6) is -0.132. The van der Waals surface area contributed by atoms with Gasteiger partial charge in [-0.3, -0.25) is 14.6 Å². The number of amides is 2. The van der Waals surface area contributed by atoms with Crippen LogP contribution in [0.1, 0.15) is 54.2 Å². The Hall–Kier alpha value is -2.43. The van der Waals surface area contributed by atoms with Gasteiger partial charge in [-0.1, -0.05) is 18.2 Å². The molecule has 2 aromatic rings. The van der Waals surface area contributed by atoms with Crippen molar-refractivity contribution in [3.8, 4) is 0 Å². The molecule has 0 radical (unpaired) electrons. The van der Waals surface area contributed by atoms with E-state index in [9.17, 15) is 9.59 Å². The highest BCUT2D eigenvalue weighted by Gasteiger charge is 2.27. The van der Waals surface area contributed by atoms with Gasteiger partial charge >= 0.3 is 0 Å². The lowest BCUT2D eigenvalue weighted by Gasteiger charge is -2.29. The quantitative estimate of drug-likeness (QED) is 0.925. The van der Waals surface area contributed by atoms with Gasteiger partial charge in [0.15, 0.2) is 0 Å². The lowest BCUT2D eigenvalue weighted by Crippen LogP contribution is -2.48. The molecule has 1 aliphatic carbocycles. The molecule has 1 N–H and O–H groups in total. The highest BCUT2D eigenvalue weighted by Crippen LogP contribution is 2.30. The molecular formula is C21H25N3O2. The molecule has 1 aromatic heterocycles. The second-order valence-corrected chi connectivity index (χ2v) is 7.36. The molecule has 1 aliphatic heterocycles. The number of pyridine rings is 1. The van der Waals surface area contributed by atoms with Crippen molar-refractivity contribution >= 4 is 22.7 Å². The van der Waals surface area contributed by atoms with E-state index in [1.54, 1.807) is 6.92 Å². The summed E-state index contributed by atoms with van der Waals surface area (Å²) in [6, 6.07) is 7.27. The van der Waals surface area contributed by atoms with Gasteiger partial charge in [0.25, 0.3) is 5.91 Å². The number of fused-ring (bicyclic) bond motifs is 2. The van der Waals surface area contributed by atoms with Crippen molar-refractivity contribution in [1.82, 2.24) is 15.2 Å². The van der Waals surface area contributed by atoms with Crippen LogP contribution < -0.4 is 5.32 Å². The zero-order valence-electron chi connectivity index (χ0n) is 15.3. The van der Waals surface area contributed by atoms with Crippen molar-refractivity contribution in [3.05, 3.63) is 41.1 Å². The van der Waals surface area contributed by atoms with Crippen LogP contribution in [0.2, 0.25) is 0 Å². The van der Waals surface area contributed by atoms with Gasteiger partial charge in [-0.2, -0.15) is 0 Å². The van der Waals surface area contributed by atoms with Crippen LogP contribution in [0.15, 0.2) is 24.3 Å². The first-order valence-corrected chi connectivity index (χ1v) is 9.65. The SMILES string of the molecule is C[C@H](NC(=O)c1c2c(nc3ccccc13)CCC2)C(=O)N1CCCCC1. The number of aryl methyl sites for hydroxylation is 1. The van der Waals surface area contributed by atoms with E-state index < -0.39 is 6.04 Å². The van der Waals surface area contributed by atoms with Gasteiger partial charge in [0.2, 0.25) is 5.91 Å². The molecule has 4 rings (SSSR count). The minimum Gasteiger partial charge on any atom is -0.341 e. The first-order chi connectivity index (χ1) is 12.6. The summed E-state index contributed by atoms with van der Waals surface area (Å²) in [5.41, 5.74) is 3.65. The second-order valence-electron chi connectivity index (χ2n) is 7.36. The fourth-order valence-electron chi connectivity index (χ4n) is 4.19. The van der Waals surface area contributed by atoms with E-state index in [4.69, 9.17) is 4.98 Å². The first kappa shape index (κ1) is 17.0. The lowest BCUT2D eigenvalue weighted by molar-refractivity contribution is -0.133. The number of carbonyl (C=O) groups is 2.